The molecule has 0 aliphatic rings. The molecule has 0 unspecified atom stereocenters. The maximum absolute atomic E-state index is 12.0. The van der Waals surface area contributed by atoms with E-state index in [9.17, 15) is 9.90 Å². The van der Waals surface area contributed by atoms with Crippen LogP contribution in [0.4, 0.5) is 0 Å². The predicted octanol–water partition coefficient (Wildman–Crippen LogP) is 7.74. The first kappa shape index (κ1) is 27.8. The number of nitrogens with zero attached hydrogens (tertiary/aromatic N) is 5. The molecule has 0 amide bonds. The van der Waals surface area contributed by atoms with E-state index < -0.39 is 11.6 Å². The highest BCUT2D eigenvalue weighted by molar-refractivity contribution is 7.22. The number of halogens is 1. The molecule has 212 valence electrons. The maximum Gasteiger partial charge on any atom is 0.307 e. The zero-order valence-corrected chi connectivity index (χ0v) is 25.3. The van der Waals surface area contributed by atoms with Gasteiger partial charge in [0.15, 0.2) is 0 Å². The van der Waals surface area contributed by atoms with Crippen molar-refractivity contribution in [3.05, 3.63) is 77.2 Å². The van der Waals surface area contributed by atoms with Crippen molar-refractivity contribution in [3.63, 3.8) is 0 Å². The Kier molecular flexibility index (Phi) is 6.95. The van der Waals surface area contributed by atoms with Crippen LogP contribution in [0.3, 0.4) is 0 Å². The van der Waals surface area contributed by atoms with Gasteiger partial charge in [-0.25, -0.2) is 9.97 Å². The number of rotatable bonds is 6. The van der Waals surface area contributed by atoms with Crippen LogP contribution in [-0.2, 0) is 18.3 Å². The summed E-state index contributed by atoms with van der Waals surface area (Å²) >= 11 is 7.84. The molecule has 0 saturated heterocycles. The molecular formula is C32H28ClN5O3S. The minimum Gasteiger partial charge on any atom is -0.487 e. The van der Waals surface area contributed by atoms with Gasteiger partial charge in [0.05, 0.1) is 46.4 Å². The summed E-state index contributed by atoms with van der Waals surface area (Å²) in [4.78, 5) is 26.4. The van der Waals surface area contributed by atoms with Crippen LogP contribution in [0.5, 0.6) is 5.75 Å². The van der Waals surface area contributed by atoms with Crippen LogP contribution in [0.2, 0.25) is 5.02 Å². The van der Waals surface area contributed by atoms with E-state index in [2.05, 4.69) is 10.1 Å². The number of aromatic nitrogens is 5. The van der Waals surface area contributed by atoms with Crippen molar-refractivity contribution in [2.75, 3.05) is 0 Å². The Morgan fingerprint density at radius 1 is 1.05 bits per heavy atom. The van der Waals surface area contributed by atoms with Gasteiger partial charge >= 0.3 is 5.97 Å². The number of carboxylic acid groups (broad SMARTS) is 1. The first-order valence-electron chi connectivity index (χ1n) is 13.3. The summed E-state index contributed by atoms with van der Waals surface area (Å²) < 4.78 is 9.01. The molecule has 6 rings (SSSR count). The molecule has 3 heterocycles. The molecule has 0 atom stereocenters. The summed E-state index contributed by atoms with van der Waals surface area (Å²) in [6.07, 6.45) is 5.12. The Morgan fingerprint density at radius 3 is 2.60 bits per heavy atom. The smallest absolute Gasteiger partial charge is 0.307 e. The van der Waals surface area contributed by atoms with Gasteiger partial charge in [-0.3, -0.25) is 14.5 Å². The van der Waals surface area contributed by atoms with Gasteiger partial charge in [-0.2, -0.15) is 5.10 Å². The van der Waals surface area contributed by atoms with Crippen molar-refractivity contribution < 1.29 is 14.6 Å². The molecule has 3 aromatic carbocycles. The summed E-state index contributed by atoms with van der Waals surface area (Å²) in [7, 11) is 1.91. The Morgan fingerprint density at radius 2 is 1.83 bits per heavy atom. The van der Waals surface area contributed by atoms with Crippen molar-refractivity contribution in [3.8, 4) is 38.8 Å². The van der Waals surface area contributed by atoms with E-state index in [0.29, 0.717) is 27.0 Å². The lowest BCUT2D eigenvalue weighted by Crippen LogP contribution is -2.23. The number of aliphatic carboxylic acids is 1. The Bertz CT molecular complexity index is 2010. The van der Waals surface area contributed by atoms with Crippen molar-refractivity contribution in [2.24, 2.45) is 7.05 Å². The SMILES string of the molecule is Cc1cc2nc(-c3cncc(-c4ccc5c(cnn5C)c4)n3)sc2c(-c2ccc(Cl)cc2OC(C)(C)C)c1CC(=O)O. The molecule has 3 aromatic heterocycles. The highest BCUT2D eigenvalue weighted by atomic mass is 35.5. The van der Waals surface area contributed by atoms with Crippen molar-refractivity contribution in [2.45, 2.75) is 39.7 Å². The van der Waals surface area contributed by atoms with Crippen LogP contribution in [0.15, 0.2) is 61.1 Å². The molecular weight excluding hydrogens is 570 g/mol. The lowest BCUT2D eigenvalue weighted by atomic mass is 9.92. The van der Waals surface area contributed by atoms with Crippen LogP contribution >= 0.6 is 22.9 Å². The zero-order chi connectivity index (χ0) is 29.8. The van der Waals surface area contributed by atoms with E-state index >= 15 is 0 Å². The largest absolute Gasteiger partial charge is 0.487 e. The number of benzene rings is 3. The second kappa shape index (κ2) is 10.5. The quantitative estimate of drug-likeness (QED) is 0.209. The van der Waals surface area contributed by atoms with Gasteiger partial charge in [0.25, 0.3) is 0 Å². The third-order valence-corrected chi connectivity index (χ3v) is 8.21. The number of carboxylic acids is 1. The molecule has 6 aromatic rings. The topological polar surface area (TPSA) is 103 Å². The molecule has 0 spiro atoms. The van der Waals surface area contributed by atoms with Crippen molar-refractivity contribution in [1.82, 2.24) is 24.7 Å². The zero-order valence-electron chi connectivity index (χ0n) is 23.8. The number of thiazole rings is 1. The average molecular weight is 598 g/mol. The maximum atomic E-state index is 12.0. The van der Waals surface area contributed by atoms with E-state index in [4.69, 9.17) is 26.3 Å². The molecule has 0 aliphatic heterocycles. The Balaban J connectivity index is 1.53. The minimum absolute atomic E-state index is 0.145. The normalized spacial score (nSPS) is 11.9. The third-order valence-electron chi connectivity index (χ3n) is 6.86. The van der Waals surface area contributed by atoms with Crippen LogP contribution in [0, 0.1) is 6.92 Å². The van der Waals surface area contributed by atoms with Gasteiger partial charge in [-0.1, -0.05) is 17.7 Å². The van der Waals surface area contributed by atoms with Gasteiger partial charge < -0.3 is 9.84 Å². The average Bonchev–Trinajstić information content (AvgIpc) is 3.52. The summed E-state index contributed by atoms with van der Waals surface area (Å²) in [5, 5.41) is 16.4. The first-order chi connectivity index (χ1) is 20.0. The summed E-state index contributed by atoms with van der Waals surface area (Å²) in [6.45, 7) is 7.80. The molecule has 0 bridgehead atoms. The van der Waals surface area contributed by atoms with E-state index in [1.807, 2.05) is 76.0 Å². The summed E-state index contributed by atoms with van der Waals surface area (Å²) in [5.74, 6) is -0.337. The monoisotopic (exact) mass is 597 g/mol. The second-order valence-electron chi connectivity index (χ2n) is 11.2. The van der Waals surface area contributed by atoms with E-state index in [1.54, 1.807) is 24.5 Å². The number of carbonyl (C=O) groups is 1. The van der Waals surface area contributed by atoms with Gasteiger partial charge in [0.1, 0.15) is 22.1 Å². The fourth-order valence-corrected chi connectivity index (χ4v) is 6.30. The van der Waals surface area contributed by atoms with Crippen molar-refractivity contribution >= 4 is 50.0 Å². The Labute approximate surface area is 251 Å². The fourth-order valence-electron chi connectivity index (χ4n) is 5.06. The summed E-state index contributed by atoms with van der Waals surface area (Å²) in [6, 6.07) is 13.5. The molecule has 0 radical (unpaired) electrons. The molecule has 10 heteroatoms. The number of fused-ring (bicyclic) bond motifs is 2. The van der Waals surface area contributed by atoms with Crippen LogP contribution < -0.4 is 4.74 Å². The van der Waals surface area contributed by atoms with Crippen LogP contribution in [0.25, 0.3) is 54.2 Å². The molecule has 0 saturated carbocycles. The number of hydrogen-bond acceptors (Lipinski definition) is 7. The summed E-state index contributed by atoms with van der Waals surface area (Å²) in [5.41, 5.74) is 6.64. The van der Waals surface area contributed by atoms with E-state index in [0.717, 1.165) is 49.1 Å². The van der Waals surface area contributed by atoms with Crippen LogP contribution in [-0.4, -0.2) is 41.4 Å². The number of hydrogen-bond donors (Lipinski definition) is 1. The van der Waals surface area contributed by atoms with Gasteiger partial charge in [0.2, 0.25) is 0 Å². The lowest BCUT2D eigenvalue weighted by molar-refractivity contribution is -0.136. The standard InChI is InChI=1S/C32H28ClN5O3S/c1-17-10-23-30(29(22(17)13-28(39)40)21-8-7-20(33)12-27(21)41-32(2,3)4)42-31(37-23)25-16-34-15-24(36-25)18-6-9-26-19(11-18)14-35-38(26)5/h6-12,14-16H,13H2,1-5H3,(H,39,40). The second-order valence-corrected chi connectivity index (χ2v) is 12.6. The van der Waals surface area contributed by atoms with Gasteiger partial charge in [0, 0.05) is 34.1 Å². The predicted molar refractivity (Wildman–Crippen MR) is 167 cm³/mol. The number of ether oxygens (including phenoxy) is 1. The lowest BCUT2D eigenvalue weighted by Gasteiger charge is -2.24. The van der Waals surface area contributed by atoms with E-state index in [-0.39, 0.29) is 6.42 Å². The minimum atomic E-state index is -0.917. The van der Waals surface area contributed by atoms with Crippen LogP contribution in [0.1, 0.15) is 31.9 Å². The molecule has 8 nitrogen and oxygen atoms in total. The van der Waals surface area contributed by atoms with Gasteiger partial charge in [-0.05, 0) is 75.2 Å². The highest BCUT2D eigenvalue weighted by Crippen LogP contribution is 2.45. The molecule has 0 fully saturated rings. The van der Waals surface area contributed by atoms with Crippen molar-refractivity contribution in [1.29, 1.82) is 0 Å². The van der Waals surface area contributed by atoms with Gasteiger partial charge in [-0.15, -0.1) is 11.3 Å². The van der Waals surface area contributed by atoms with E-state index in [1.165, 1.54) is 11.3 Å². The first-order valence-corrected chi connectivity index (χ1v) is 14.5. The molecule has 42 heavy (non-hydrogen) atoms. The molecule has 0 aliphatic carbocycles. The highest BCUT2D eigenvalue weighted by Gasteiger charge is 2.24. The Hall–Kier alpha value is -4.34. The number of aryl methyl sites for hydroxylation is 2. The third kappa shape index (κ3) is 5.33. The molecule has 1 N–H and O–H groups in total. The fraction of sp³-hybridized carbons (Fsp3) is 0.219.